The lowest BCUT2D eigenvalue weighted by Gasteiger charge is -2.49. The van der Waals surface area contributed by atoms with Gasteiger partial charge in [-0.1, -0.05) is 44.0 Å². The Morgan fingerprint density at radius 1 is 1.28 bits per heavy atom. The molecule has 2 aliphatic heterocycles. The Kier molecular flexibility index (Phi) is 7.69. The first-order valence-corrected chi connectivity index (χ1v) is 12.4. The van der Waals surface area contributed by atoms with Crippen molar-refractivity contribution >= 4 is 16.9 Å². The molecule has 1 saturated heterocycles. The monoisotopic (exact) mass is 438 g/mol. The lowest BCUT2D eigenvalue weighted by Crippen LogP contribution is -2.52. The number of aromatic nitrogens is 1. The highest BCUT2D eigenvalue weighted by molar-refractivity contribution is 5.85. The molecular weight excluding hydrogens is 400 g/mol. The Morgan fingerprint density at radius 3 is 2.81 bits per heavy atom. The lowest BCUT2D eigenvalue weighted by atomic mass is 9.79. The smallest absolute Gasteiger partial charge is 0.327 e. The normalized spacial score (nSPS) is 23.6. The molecule has 0 radical (unpaired) electrons. The Bertz CT molecular complexity index is 928. The van der Waals surface area contributed by atoms with Crippen LogP contribution in [0, 0.1) is 5.92 Å². The number of carbonyl (C=O) groups is 1. The van der Waals surface area contributed by atoms with Gasteiger partial charge in [-0.05, 0) is 63.0 Å². The molecule has 3 unspecified atom stereocenters. The summed E-state index contributed by atoms with van der Waals surface area (Å²) in [4.78, 5) is 17.6. The number of fused-ring (bicyclic) bond motifs is 3. The van der Waals surface area contributed by atoms with Gasteiger partial charge in [-0.2, -0.15) is 0 Å². The van der Waals surface area contributed by atoms with E-state index in [1.165, 1.54) is 47.5 Å². The molecule has 5 nitrogen and oxygen atoms in total. The molecule has 0 aliphatic carbocycles. The first-order valence-electron chi connectivity index (χ1n) is 12.4. The average molecular weight is 439 g/mol. The minimum absolute atomic E-state index is 0.342. The first-order chi connectivity index (χ1) is 15.6. The number of nitrogens with one attached hydrogen (secondary N) is 1. The van der Waals surface area contributed by atoms with Gasteiger partial charge in [0.05, 0.1) is 6.04 Å². The molecule has 3 atom stereocenters. The number of rotatable bonds is 9. The number of allylic oxidation sites excluding steroid dienone is 1. The molecule has 5 heteroatoms. The molecule has 0 spiro atoms. The molecule has 0 amide bonds. The molecule has 0 saturated carbocycles. The molecule has 2 N–H and O–H groups in total. The van der Waals surface area contributed by atoms with Crippen LogP contribution in [0.4, 0.5) is 0 Å². The van der Waals surface area contributed by atoms with Crippen LogP contribution in [0.5, 0.6) is 0 Å². The van der Waals surface area contributed by atoms with Crippen LogP contribution in [0.3, 0.4) is 0 Å². The Balaban J connectivity index is 1.73. The zero-order valence-corrected chi connectivity index (χ0v) is 19.6. The van der Waals surface area contributed by atoms with Crippen molar-refractivity contribution < 1.29 is 14.6 Å². The maximum atomic E-state index is 11.0. The number of unbranched alkanes of at least 4 members (excludes halogenated alkanes) is 1. The highest BCUT2D eigenvalue weighted by atomic mass is 16.5. The number of H-pyrrole nitrogens is 1. The van der Waals surface area contributed by atoms with Gasteiger partial charge in [0.15, 0.2) is 0 Å². The van der Waals surface area contributed by atoms with Gasteiger partial charge in [0.25, 0.3) is 0 Å². The highest BCUT2D eigenvalue weighted by Crippen LogP contribution is 2.45. The summed E-state index contributed by atoms with van der Waals surface area (Å²) in [5.41, 5.74) is 4.13. The number of carboxylic acids is 1. The van der Waals surface area contributed by atoms with Crippen molar-refractivity contribution in [1.82, 2.24) is 9.88 Å². The second-order valence-electron chi connectivity index (χ2n) is 9.57. The number of aromatic amines is 1. The summed E-state index contributed by atoms with van der Waals surface area (Å²) < 4.78 is 5.71. The maximum Gasteiger partial charge on any atom is 0.327 e. The van der Waals surface area contributed by atoms with Gasteiger partial charge in [0.1, 0.15) is 0 Å². The number of para-hydroxylation sites is 1. The van der Waals surface area contributed by atoms with Crippen LogP contribution in [0.2, 0.25) is 0 Å². The Hall–Kier alpha value is -2.11. The third-order valence-electron chi connectivity index (χ3n) is 7.42. The molecular formula is C27H38N2O3. The van der Waals surface area contributed by atoms with Gasteiger partial charge in [-0.25, -0.2) is 4.79 Å². The standard InChI is InChI=1S/C27H38N2O3/c1-3-4-9-20(10-5-8-13-25(30)31)27-26-23(22-11-6-7-12-24(22)28-26)18-19(2)29(27)21-14-16-32-17-15-21/h6-8,11-13,19-21,27-28H,3-5,9-10,14-18H2,1-2H3,(H,30,31)/b13-8+. The largest absolute Gasteiger partial charge is 0.478 e. The number of ether oxygens (including phenoxy) is 1. The topological polar surface area (TPSA) is 65.6 Å². The predicted molar refractivity (Wildman–Crippen MR) is 129 cm³/mol. The fraction of sp³-hybridized carbons (Fsp3) is 0.593. The molecule has 1 aromatic carbocycles. The number of hydrogen-bond acceptors (Lipinski definition) is 3. The summed E-state index contributed by atoms with van der Waals surface area (Å²) in [6.45, 7) is 6.35. The number of nitrogens with zero attached hydrogens (tertiary/aromatic N) is 1. The SMILES string of the molecule is CCCCC(CC/C=C/C(=O)O)C1c2[nH]c3ccccc3c2CC(C)N1C1CCOCC1. The van der Waals surface area contributed by atoms with E-state index >= 15 is 0 Å². The molecule has 0 bridgehead atoms. The minimum Gasteiger partial charge on any atom is -0.478 e. The minimum atomic E-state index is -0.858. The summed E-state index contributed by atoms with van der Waals surface area (Å²) in [6.07, 6.45) is 11.8. The molecule has 2 aliphatic rings. The van der Waals surface area contributed by atoms with Crippen molar-refractivity contribution in [3.63, 3.8) is 0 Å². The van der Waals surface area contributed by atoms with Crippen molar-refractivity contribution in [1.29, 1.82) is 0 Å². The summed E-state index contributed by atoms with van der Waals surface area (Å²) in [5, 5.41) is 10.4. The van der Waals surface area contributed by atoms with E-state index in [-0.39, 0.29) is 0 Å². The van der Waals surface area contributed by atoms with Gasteiger partial charge in [-0.15, -0.1) is 0 Å². The van der Waals surface area contributed by atoms with Gasteiger partial charge in [-0.3, -0.25) is 4.90 Å². The van der Waals surface area contributed by atoms with Crippen LogP contribution < -0.4 is 0 Å². The van der Waals surface area contributed by atoms with Gasteiger partial charge < -0.3 is 14.8 Å². The highest BCUT2D eigenvalue weighted by Gasteiger charge is 2.42. The number of carboxylic acid groups (broad SMARTS) is 1. The Morgan fingerprint density at radius 2 is 2.06 bits per heavy atom. The van der Waals surface area contributed by atoms with Crippen LogP contribution in [0.15, 0.2) is 36.4 Å². The number of benzene rings is 1. The fourth-order valence-electron chi connectivity index (χ4n) is 5.99. The van der Waals surface area contributed by atoms with Crippen LogP contribution >= 0.6 is 0 Å². The quantitative estimate of drug-likeness (QED) is 0.481. The van der Waals surface area contributed by atoms with E-state index in [4.69, 9.17) is 9.84 Å². The second kappa shape index (κ2) is 10.7. The molecule has 32 heavy (non-hydrogen) atoms. The summed E-state index contributed by atoms with van der Waals surface area (Å²) in [6, 6.07) is 10.1. The third-order valence-corrected chi connectivity index (χ3v) is 7.42. The van der Waals surface area contributed by atoms with E-state index in [0.717, 1.165) is 45.3 Å². The molecule has 1 aromatic heterocycles. The van der Waals surface area contributed by atoms with Gasteiger partial charge >= 0.3 is 5.97 Å². The van der Waals surface area contributed by atoms with E-state index in [0.29, 0.717) is 24.0 Å². The number of aliphatic carboxylic acids is 1. The van der Waals surface area contributed by atoms with Crippen molar-refractivity contribution in [2.24, 2.45) is 5.92 Å². The number of hydrogen-bond donors (Lipinski definition) is 2. The summed E-state index contributed by atoms with van der Waals surface area (Å²) in [7, 11) is 0. The van der Waals surface area contributed by atoms with E-state index in [1.54, 1.807) is 0 Å². The van der Waals surface area contributed by atoms with Crippen LogP contribution in [0.1, 0.15) is 76.1 Å². The van der Waals surface area contributed by atoms with Crippen molar-refractivity contribution in [2.45, 2.75) is 83.3 Å². The molecule has 2 aromatic rings. The summed E-state index contributed by atoms with van der Waals surface area (Å²) in [5.74, 6) is -0.367. The van der Waals surface area contributed by atoms with Crippen molar-refractivity contribution in [2.75, 3.05) is 13.2 Å². The zero-order chi connectivity index (χ0) is 22.5. The van der Waals surface area contributed by atoms with Crippen molar-refractivity contribution in [3.8, 4) is 0 Å². The third kappa shape index (κ3) is 4.94. The van der Waals surface area contributed by atoms with E-state index < -0.39 is 5.97 Å². The lowest BCUT2D eigenvalue weighted by molar-refractivity contribution is -0.131. The second-order valence-corrected chi connectivity index (χ2v) is 9.57. The predicted octanol–water partition coefficient (Wildman–Crippen LogP) is 5.86. The first kappa shape index (κ1) is 23.1. The van der Waals surface area contributed by atoms with Crippen molar-refractivity contribution in [3.05, 3.63) is 47.7 Å². The maximum absolute atomic E-state index is 11.0. The van der Waals surface area contributed by atoms with E-state index in [9.17, 15) is 4.79 Å². The van der Waals surface area contributed by atoms with Crippen LogP contribution in [-0.4, -0.2) is 46.3 Å². The average Bonchev–Trinajstić information content (AvgIpc) is 3.16. The van der Waals surface area contributed by atoms with Gasteiger partial charge in [0.2, 0.25) is 0 Å². The van der Waals surface area contributed by atoms with Crippen LogP contribution in [-0.2, 0) is 16.0 Å². The molecule has 3 heterocycles. The Labute approximate surface area is 191 Å². The fourth-order valence-corrected chi connectivity index (χ4v) is 5.99. The van der Waals surface area contributed by atoms with Gasteiger partial charge in [0, 0.05) is 48.0 Å². The zero-order valence-electron chi connectivity index (χ0n) is 19.6. The van der Waals surface area contributed by atoms with E-state index in [1.807, 2.05) is 6.08 Å². The molecule has 1 fully saturated rings. The van der Waals surface area contributed by atoms with E-state index in [2.05, 4.69) is 48.0 Å². The summed E-state index contributed by atoms with van der Waals surface area (Å²) >= 11 is 0. The molecule has 4 rings (SSSR count). The molecule has 174 valence electrons. The van der Waals surface area contributed by atoms with Crippen LogP contribution in [0.25, 0.3) is 10.9 Å².